The average Bonchev–Trinajstić information content (AvgIpc) is 3.64. The second kappa shape index (κ2) is 19.0. The predicted octanol–water partition coefficient (Wildman–Crippen LogP) is 3.48. The molecule has 0 bridgehead atoms. The minimum absolute atomic E-state index is 0.0174. The summed E-state index contributed by atoms with van der Waals surface area (Å²) < 4.78 is 37.5. The Morgan fingerprint density at radius 1 is 1.06 bits per heavy atom. The molecule has 2 aromatic heterocycles. The molecule has 4 N–H and O–H groups in total. The highest BCUT2D eigenvalue weighted by molar-refractivity contribution is 5.81. The molecule has 3 rings (SSSR count). The molecular weight excluding hydrogens is 645 g/mol. The number of hydrogen-bond donors (Lipinski definition) is 3. The zero-order valence-electron chi connectivity index (χ0n) is 28.0. The molecule has 1 unspecified atom stereocenters. The number of ether oxygens (including phenoxy) is 4. The maximum Gasteiger partial charge on any atom is 0.312 e. The fourth-order valence-electron chi connectivity index (χ4n) is 5.48. The van der Waals surface area contributed by atoms with E-state index in [1.54, 1.807) is 0 Å². The van der Waals surface area contributed by atoms with E-state index in [0.29, 0.717) is 12.8 Å². The van der Waals surface area contributed by atoms with Gasteiger partial charge in [-0.15, -0.1) is 6.42 Å². The molecule has 16 heteroatoms. The lowest BCUT2D eigenvalue weighted by Crippen LogP contribution is -2.44. The molecule has 270 valence electrons. The van der Waals surface area contributed by atoms with Crippen LogP contribution in [0, 0.1) is 30.3 Å². The molecule has 1 saturated heterocycles. The first-order chi connectivity index (χ1) is 23.4. The Labute approximate surface area is 284 Å². The number of aliphatic hydroxyl groups is 1. The number of carbonyl (C=O) groups is 4. The largest absolute Gasteiger partial charge is 0.481 e. The second-order valence-electron chi connectivity index (χ2n) is 12.1. The summed E-state index contributed by atoms with van der Waals surface area (Å²) >= 11 is 0. The lowest BCUT2D eigenvalue weighted by molar-refractivity contribution is -0.170. The number of carbonyl (C=O) groups excluding carboxylic acids is 3. The van der Waals surface area contributed by atoms with Crippen molar-refractivity contribution in [1.29, 1.82) is 0 Å². The predicted molar refractivity (Wildman–Crippen MR) is 172 cm³/mol. The molecule has 0 spiro atoms. The third-order valence-electron chi connectivity index (χ3n) is 8.37. The number of aliphatic hydroxyl groups excluding tert-OH is 1. The molecule has 15 nitrogen and oxygen atoms in total. The molecule has 1 fully saturated rings. The van der Waals surface area contributed by atoms with Gasteiger partial charge in [0.25, 0.3) is 0 Å². The molecule has 0 radical (unpaired) electrons. The molecule has 2 aromatic rings. The van der Waals surface area contributed by atoms with Gasteiger partial charge >= 0.3 is 30.0 Å². The summed E-state index contributed by atoms with van der Waals surface area (Å²) in [6, 6.07) is 0. The molecule has 3 heterocycles. The number of carboxylic acid groups (broad SMARTS) is 1. The average molecular weight is 692 g/mol. The van der Waals surface area contributed by atoms with Gasteiger partial charge in [-0.25, -0.2) is 4.98 Å². The summed E-state index contributed by atoms with van der Waals surface area (Å²) in [6.07, 6.45) is 9.62. The van der Waals surface area contributed by atoms with Crippen molar-refractivity contribution in [2.75, 3.05) is 25.6 Å². The van der Waals surface area contributed by atoms with Crippen molar-refractivity contribution >= 4 is 40.9 Å². The minimum atomic E-state index is -1.90. The number of nitrogens with zero attached hydrogens (tertiary/aromatic N) is 4. The van der Waals surface area contributed by atoms with E-state index in [1.807, 2.05) is 13.8 Å². The smallest absolute Gasteiger partial charge is 0.312 e. The number of aromatic nitrogens is 4. The third-order valence-corrected chi connectivity index (χ3v) is 8.37. The number of unbranched alkanes of at least 4 members (excludes halogenated alkanes) is 6. The van der Waals surface area contributed by atoms with Crippen molar-refractivity contribution in [2.45, 2.75) is 109 Å². The third kappa shape index (κ3) is 11.1. The van der Waals surface area contributed by atoms with Crippen molar-refractivity contribution < 1.29 is 52.7 Å². The Hall–Kier alpha value is -4.36. The van der Waals surface area contributed by atoms with E-state index in [1.165, 1.54) is 10.9 Å². The molecule has 1 aliphatic rings. The van der Waals surface area contributed by atoms with Crippen molar-refractivity contribution in [1.82, 2.24) is 19.5 Å². The Morgan fingerprint density at radius 3 is 2.22 bits per heavy atom. The summed E-state index contributed by atoms with van der Waals surface area (Å²) in [5, 5.41) is 20.6. The molecule has 0 aliphatic carbocycles. The highest BCUT2D eigenvalue weighted by atomic mass is 19.1. The number of fused-ring (bicyclic) bond motifs is 1. The van der Waals surface area contributed by atoms with Crippen molar-refractivity contribution in [3.63, 3.8) is 0 Å². The van der Waals surface area contributed by atoms with E-state index >= 15 is 0 Å². The van der Waals surface area contributed by atoms with Gasteiger partial charge in [-0.2, -0.15) is 14.4 Å². The van der Waals surface area contributed by atoms with Crippen LogP contribution in [0.3, 0.4) is 0 Å². The van der Waals surface area contributed by atoms with E-state index in [-0.39, 0.29) is 36.2 Å². The Morgan fingerprint density at radius 2 is 1.67 bits per heavy atom. The number of rotatable bonds is 21. The summed E-state index contributed by atoms with van der Waals surface area (Å²) in [7, 11) is 0. The van der Waals surface area contributed by atoms with Crippen LogP contribution in [-0.2, 0) is 38.1 Å². The first-order valence-electron chi connectivity index (χ1n) is 16.6. The lowest BCUT2D eigenvalue weighted by atomic mass is 9.90. The summed E-state index contributed by atoms with van der Waals surface area (Å²) in [5.41, 5.74) is 3.92. The minimum Gasteiger partial charge on any atom is -0.481 e. The van der Waals surface area contributed by atoms with Gasteiger partial charge < -0.3 is 34.9 Å². The topological polar surface area (TPSA) is 215 Å². The van der Waals surface area contributed by atoms with Gasteiger partial charge in [0.15, 0.2) is 22.6 Å². The number of nitrogen functional groups attached to an aromatic ring is 1. The zero-order chi connectivity index (χ0) is 36.0. The van der Waals surface area contributed by atoms with Crippen molar-refractivity contribution in [3.8, 4) is 12.3 Å². The summed E-state index contributed by atoms with van der Waals surface area (Å²) in [6.45, 7) is 2.57. The van der Waals surface area contributed by atoms with Gasteiger partial charge in [-0.1, -0.05) is 58.3 Å². The second-order valence-corrected chi connectivity index (χ2v) is 12.1. The molecule has 0 aromatic carbocycles. The Balaban J connectivity index is 1.75. The van der Waals surface area contributed by atoms with E-state index in [9.17, 15) is 33.8 Å². The molecular formula is C33H46FN5O10. The number of nitrogens with two attached hydrogens (primary N) is 1. The van der Waals surface area contributed by atoms with E-state index in [0.717, 1.165) is 38.5 Å². The Bertz CT molecular complexity index is 1450. The SMILES string of the molecule is C#C[C@]1(COC(=O)C(CC(=O)O)C(COC(=O)CCCCCC)COC(=O)CCCCCC)O[C@@H](n2cnc3c(N)nc(F)nc32)C[C@@H]1O. The van der Waals surface area contributed by atoms with Crippen LogP contribution in [0.4, 0.5) is 10.2 Å². The monoisotopic (exact) mass is 691 g/mol. The van der Waals surface area contributed by atoms with Gasteiger partial charge in [-0.05, 0) is 12.8 Å². The summed E-state index contributed by atoms with van der Waals surface area (Å²) in [4.78, 5) is 61.5. The van der Waals surface area contributed by atoms with Gasteiger partial charge in [0.2, 0.25) is 0 Å². The van der Waals surface area contributed by atoms with Gasteiger partial charge in [-0.3, -0.25) is 23.7 Å². The first kappa shape index (κ1) is 39.1. The molecule has 4 atom stereocenters. The summed E-state index contributed by atoms with van der Waals surface area (Å²) in [5.74, 6) is -3.85. The maximum absolute atomic E-state index is 13.9. The standard InChI is InChI=1S/C33H46FN5O10/c1-4-7-9-11-13-26(43)46-17-21(18-47-27(44)14-12-10-8-5-2)22(15-25(41)42)31(45)48-19-33(6-3)23(40)16-24(49-33)39-20-36-28-29(35)37-32(34)38-30(28)39/h3,20-24,40H,4-5,7-19H2,1-2H3,(H,41,42)(H2,35,37,38)/t22?,23-,24+,33+/m0/s1. The van der Waals surface area contributed by atoms with Gasteiger partial charge in [0.1, 0.15) is 18.9 Å². The zero-order valence-corrected chi connectivity index (χ0v) is 28.0. The number of aliphatic carboxylic acids is 1. The van der Waals surface area contributed by atoms with E-state index in [2.05, 4.69) is 20.9 Å². The fourth-order valence-corrected chi connectivity index (χ4v) is 5.48. The number of hydrogen-bond acceptors (Lipinski definition) is 13. The number of esters is 3. The molecule has 1 aliphatic heterocycles. The molecule has 0 saturated carbocycles. The molecule has 49 heavy (non-hydrogen) atoms. The van der Waals surface area contributed by atoms with Crippen LogP contribution in [0.1, 0.15) is 97.1 Å². The van der Waals surface area contributed by atoms with Crippen LogP contribution in [0.25, 0.3) is 11.2 Å². The van der Waals surface area contributed by atoms with E-state index < -0.39 is 86.0 Å². The van der Waals surface area contributed by atoms with Crippen LogP contribution in [0.15, 0.2) is 6.33 Å². The normalized spacial score (nSPS) is 19.4. The highest BCUT2D eigenvalue weighted by Crippen LogP contribution is 2.38. The van der Waals surface area contributed by atoms with Crippen LogP contribution >= 0.6 is 0 Å². The number of imidazole rings is 1. The fraction of sp³-hybridized carbons (Fsp3) is 0.667. The van der Waals surface area contributed by atoms with E-state index in [4.69, 9.17) is 31.1 Å². The highest BCUT2D eigenvalue weighted by Gasteiger charge is 2.50. The Kier molecular flexibility index (Phi) is 15.1. The van der Waals surface area contributed by atoms with Crippen LogP contribution in [0.2, 0.25) is 0 Å². The maximum atomic E-state index is 13.9. The quantitative estimate of drug-likeness (QED) is 0.0562. The first-order valence-corrected chi connectivity index (χ1v) is 16.6. The van der Waals surface area contributed by atoms with Crippen LogP contribution in [-0.4, -0.2) is 85.1 Å². The van der Waals surface area contributed by atoms with Gasteiger partial charge in [0.05, 0.1) is 31.9 Å². The lowest BCUT2D eigenvalue weighted by Gasteiger charge is -2.29. The number of anilines is 1. The van der Waals surface area contributed by atoms with Crippen LogP contribution < -0.4 is 5.73 Å². The van der Waals surface area contributed by atoms with Crippen molar-refractivity contribution in [2.24, 2.45) is 11.8 Å². The number of terminal acetylenes is 1. The van der Waals surface area contributed by atoms with Crippen LogP contribution in [0.5, 0.6) is 0 Å². The van der Waals surface area contributed by atoms with Gasteiger partial charge in [0, 0.05) is 25.2 Å². The molecule has 0 amide bonds. The number of halogens is 1. The van der Waals surface area contributed by atoms with Crippen molar-refractivity contribution in [3.05, 3.63) is 12.4 Å². The number of carboxylic acids is 1.